The highest BCUT2D eigenvalue weighted by Gasteiger charge is 2.32. The van der Waals surface area contributed by atoms with Gasteiger partial charge in [-0.05, 0) is 51.3 Å². The standard InChI is InChI=1S/C19H26Cl2N2O3/c1-19(2,3)26-18(25)23-9-5-6-14(12-23)17(24)22(4)11-13-7-8-15(20)16(21)10-13/h7-8,10,14H,5-6,9,11-12H2,1-4H3/t14-/m0/s1. The Bertz CT molecular complexity index is 673. The van der Waals surface area contributed by atoms with Crippen molar-refractivity contribution in [2.24, 2.45) is 5.92 Å². The summed E-state index contributed by atoms with van der Waals surface area (Å²) in [7, 11) is 1.76. The molecular formula is C19H26Cl2N2O3. The van der Waals surface area contributed by atoms with Gasteiger partial charge in [0, 0.05) is 26.7 Å². The number of nitrogens with zero attached hydrogens (tertiary/aromatic N) is 2. The number of likely N-dealkylation sites (tertiary alicyclic amines) is 1. The Hall–Kier alpha value is -1.46. The maximum atomic E-state index is 12.8. The maximum Gasteiger partial charge on any atom is 0.410 e. The molecule has 0 saturated carbocycles. The normalized spacial score (nSPS) is 17.8. The number of benzene rings is 1. The molecule has 0 aliphatic carbocycles. The number of carbonyl (C=O) groups excluding carboxylic acids is 2. The molecular weight excluding hydrogens is 375 g/mol. The first-order chi connectivity index (χ1) is 12.1. The van der Waals surface area contributed by atoms with Gasteiger partial charge in [-0.2, -0.15) is 0 Å². The number of amides is 2. The van der Waals surface area contributed by atoms with E-state index in [1.807, 2.05) is 26.8 Å². The fraction of sp³-hybridized carbons (Fsp3) is 0.579. The maximum absolute atomic E-state index is 12.8. The van der Waals surface area contributed by atoms with E-state index in [1.54, 1.807) is 29.0 Å². The molecule has 2 rings (SSSR count). The quantitative estimate of drug-likeness (QED) is 0.744. The van der Waals surface area contributed by atoms with Crippen molar-refractivity contribution in [2.75, 3.05) is 20.1 Å². The summed E-state index contributed by atoms with van der Waals surface area (Å²) in [6.07, 6.45) is 1.20. The summed E-state index contributed by atoms with van der Waals surface area (Å²) in [5.41, 5.74) is 0.369. The lowest BCUT2D eigenvalue weighted by molar-refractivity contribution is -0.136. The van der Waals surface area contributed by atoms with E-state index >= 15 is 0 Å². The first-order valence-corrected chi connectivity index (χ1v) is 9.49. The summed E-state index contributed by atoms with van der Waals surface area (Å²) in [6, 6.07) is 5.34. The van der Waals surface area contributed by atoms with Crippen LogP contribution >= 0.6 is 23.2 Å². The summed E-state index contributed by atoms with van der Waals surface area (Å²) in [5, 5.41) is 0.962. The van der Waals surface area contributed by atoms with Gasteiger partial charge in [-0.1, -0.05) is 29.3 Å². The Morgan fingerprint density at radius 1 is 1.27 bits per heavy atom. The smallest absolute Gasteiger partial charge is 0.410 e. The van der Waals surface area contributed by atoms with Crippen LogP contribution in [0.15, 0.2) is 18.2 Å². The van der Waals surface area contributed by atoms with E-state index in [4.69, 9.17) is 27.9 Å². The fourth-order valence-corrected chi connectivity index (χ4v) is 3.29. The molecule has 1 aliphatic rings. The molecule has 2 amide bonds. The zero-order valence-corrected chi connectivity index (χ0v) is 17.2. The van der Waals surface area contributed by atoms with Crippen LogP contribution in [0, 0.1) is 5.92 Å². The highest BCUT2D eigenvalue weighted by atomic mass is 35.5. The number of hydrogen-bond donors (Lipinski definition) is 0. The third kappa shape index (κ3) is 5.78. The van der Waals surface area contributed by atoms with Gasteiger partial charge in [-0.25, -0.2) is 4.79 Å². The Balaban J connectivity index is 1.97. The molecule has 1 aromatic rings. The average molecular weight is 401 g/mol. The van der Waals surface area contributed by atoms with Crippen molar-refractivity contribution in [3.8, 4) is 0 Å². The summed E-state index contributed by atoms with van der Waals surface area (Å²) >= 11 is 12.0. The lowest BCUT2D eigenvalue weighted by Crippen LogP contribution is -2.47. The molecule has 0 bridgehead atoms. The van der Waals surface area contributed by atoms with Gasteiger partial charge in [0.2, 0.25) is 5.91 Å². The van der Waals surface area contributed by atoms with E-state index in [-0.39, 0.29) is 17.9 Å². The Kier molecular flexibility index (Phi) is 6.80. The minimum Gasteiger partial charge on any atom is -0.444 e. The van der Waals surface area contributed by atoms with Gasteiger partial charge >= 0.3 is 6.09 Å². The van der Waals surface area contributed by atoms with Crippen LogP contribution in [0.3, 0.4) is 0 Å². The van der Waals surface area contributed by atoms with Crippen molar-refractivity contribution in [3.63, 3.8) is 0 Å². The number of rotatable bonds is 3. The number of carbonyl (C=O) groups is 2. The van der Waals surface area contributed by atoms with Crippen molar-refractivity contribution in [1.82, 2.24) is 9.80 Å². The fourth-order valence-electron chi connectivity index (χ4n) is 2.97. The minimum atomic E-state index is -0.543. The minimum absolute atomic E-state index is 0.0179. The highest BCUT2D eigenvalue weighted by Crippen LogP contribution is 2.25. The second-order valence-electron chi connectivity index (χ2n) is 7.71. The van der Waals surface area contributed by atoms with Crippen molar-refractivity contribution in [3.05, 3.63) is 33.8 Å². The SMILES string of the molecule is CN(Cc1ccc(Cl)c(Cl)c1)C(=O)[C@H]1CCCN(C(=O)OC(C)(C)C)C1. The molecule has 1 aromatic carbocycles. The Morgan fingerprint density at radius 3 is 2.58 bits per heavy atom. The Labute approximate surface area is 165 Å². The summed E-state index contributed by atoms with van der Waals surface area (Å²) < 4.78 is 5.42. The van der Waals surface area contributed by atoms with Gasteiger partial charge in [-0.15, -0.1) is 0 Å². The topological polar surface area (TPSA) is 49.9 Å². The predicted octanol–water partition coefficient (Wildman–Crippen LogP) is 4.60. The molecule has 26 heavy (non-hydrogen) atoms. The van der Waals surface area contributed by atoms with E-state index in [1.165, 1.54) is 0 Å². The van der Waals surface area contributed by atoms with Crippen LogP contribution in [-0.2, 0) is 16.1 Å². The molecule has 1 heterocycles. The van der Waals surface area contributed by atoms with Crippen molar-refractivity contribution < 1.29 is 14.3 Å². The van der Waals surface area contributed by atoms with E-state index in [2.05, 4.69) is 0 Å². The van der Waals surface area contributed by atoms with Crippen LogP contribution in [-0.4, -0.2) is 47.5 Å². The van der Waals surface area contributed by atoms with Crippen LogP contribution in [0.4, 0.5) is 4.79 Å². The summed E-state index contributed by atoms with van der Waals surface area (Å²) in [5.74, 6) is -0.201. The van der Waals surface area contributed by atoms with Gasteiger partial charge in [0.1, 0.15) is 5.60 Å². The molecule has 1 fully saturated rings. The van der Waals surface area contributed by atoms with E-state index in [0.717, 1.165) is 18.4 Å². The molecule has 0 spiro atoms. The number of halogens is 2. The first-order valence-electron chi connectivity index (χ1n) is 8.73. The number of hydrogen-bond acceptors (Lipinski definition) is 3. The first kappa shape index (κ1) is 20.8. The van der Waals surface area contributed by atoms with E-state index in [0.29, 0.717) is 29.7 Å². The molecule has 0 N–H and O–H groups in total. The molecule has 0 radical (unpaired) electrons. The summed E-state index contributed by atoms with van der Waals surface area (Å²) in [4.78, 5) is 28.4. The third-order valence-electron chi connectivity index (χ3n) is 4.20. The molecule has 0 unspecified atom stereocenters. The van der Waals surface area contributed by atoms with E-state index in [9.17, 15) is 9.59 Å². The second kappa shape index (κ2) is 8.49. The van der Waals surface area contributed by atoms with Crippen LogP contribution in [0.1, 0.15) is 39.2 Å². The van der Waals surface area contributed by atoms with Gasteiger partial charge in [0.05, 0.1) is 16.0 Å². The molecule has 0 aromatic heterocycles. The molecule has 7 heteroatoms. The lowest BCUT2D eigenvalue weighted by Gasteiger charge is -2.35. The molecule has 144 valence electrons. The molecule has 1 aliphatic heterocycles. The van der Waals surface area contributed by atoms with Crippen molar-refractivity contribution >= 4 is 35.2 Å². The average Bonchev–Trinajstić information content (AvgIpc) is 2.56. The van der Waals surface area contributed by atoms with Crippen LogP contribution < -0.4 is 0 Å². The van der Waals surface area contributed by atoms with Gasteiger partial charge in [0.15, 0.2) is 0 Å². The highest BCUT2D eigenvalue weighted by molar-refractivity contribution is 6.42. The van der Waals surface area contributed by atoms with Crippen LogP contribution in [0.5, 0.6) is 0 Å². The van der Waals surface area contributed by atoms with Crippen molar-refractivity contribution in [2.45, 2.75) is 45.8 Å². The largest absolute Gasteiger partial charge is 0.444 e. The van der Waals surface area contributed by atoms with Gasteiger partial charge in [0.25, 0.3) is 0 Å². The number of piperidine rings is 1. The molecule has 1 saturated heterocycles. The second-order valence-corrected chi connectivity index (χ2v) is 8.52. The zero-order chi connectivity index (χ0) is 19.5. The molecule has 5 nitrogen and oxygen atoms in total. The zero-order valence-electron chi connectivity index (χ0n) is 15.7. The monoisotopic (exact) mass is 400 g/mol. The van der Waals surface area contributed by atoms with Gasteiger partial charge < -0.3 is 14.5 Å². The Morgan fingerprint density at radius 2 is 1.96 bits per heavy atom. The van der Waals surface area contributed by atoms with Crippen molar-refractivity contribution in [1.29, 1.82) is 0 Å². The van der Waals surface area contributed by atoms with Crippen LogP contribution in [0.25, 0.3) is 0 Å². The number of ether oxygens (including phenoxy) is 1. The van der Waals surface area contributed by atoms with Crippen LogP contribution in [0.2, 0.25) is 10.0 Å². The molecule has 1 atom stereocenters. The third-order valence-corrected chi connectivity index (χ3v) is 4.94. The predicted molar refractivity (Wildman–Crippen MR) is 103 cm³/mol. The van der Waals surface area contributed by atoms with E-state index < -0.39 is 5.60 Å². The summed E-state index contributed by atoms with van der Waals surface area (Å²) in [6.45, 7) is 6.96. The lowest BCUT2D eigenvalue weighted by atomic mass is 9.96. The van der Waals surface area contributed by atoms with Gasteiger partial charge in [-0.3, -0.25) is 4.79 Å².